The van der Waals surface area contributed by atoms with Crippen molar-refractivity contribution >= 4 is 11.9 Å². The molecule has 0 aliphatic carbocycles. The van der Waals surface area contributed by atoms with Gasteiger partial charge < -0.3 is 15.2 Å². The molecule has 1 amide bonds. The molecule has 1 heterocycles. The Bertz CT molecular complexity index is 446. The maximum atomic E-state index is 11.6. The summed E-state index contributed by atoms with van der Waals surface area (Å²) in [6.07, 6.45) is 2.88. The summed E-state index contributed by atoms with van der Waals surface area (Å²) < 4.78 is 4.98. The Morgan fingerprint density at radius 3 is 2.83 bits per heavy atom. The van der Waals surface area contributed by atoms with E-state index in [0.29, 0.717) is 6.61 Å². The van der Waals surface area contributed by atoms with Crippen LogP contribution in [0.25, 0.3) is 0 Å². The molecule has 1 rings (SSSR count). The van der Waals surface area contributed by atoms with Crippen LogP contribution in [0.3, 0.4) is 0 Å². The van der Waals surface area contributed by atoms with Gasteiger partial charge in [0.2, 0.25) is 5.88 Å². The van der Waals surface area contributed by atoms with Crippen molar-refractivity contribution in [2.45, 2.75) is 19.8 Å². The summed E-state index contributed by atoms with van der Waals surface area (Å²) in [5.74, 6) is -1.48. The Labute approximate surface area is 105 Å². The van der Waals surface area contributed by atoms with Crippen molar-refractivity contribution < 1.29 is 19.4 Å². The number of aromatic nitrogens is 1. The van der Waals surface area contributed by atoms with Crippen LogP contribution in [-0.2, 0) is 4.74 Å². The molecule has 0 saturated heterocycles. The van der Waals surface area contributed by atoms with Gasteiger partial charge in [-0.2, -0.15) is 0 Å². The number of rotatable bonds is 5. The van der Waals surface area contributed by atoms with Gasteiger partial charge in [-0.25, -0.2) is 9.78 Å². The van der Waals surface area contributed by atoms with Gasteiger partial charge in [-0.15, -0.1) is 0 Å². The maximum absolute atomic E-state index is 11.6. The molecule has 0 aromatic carbocycles. The van der Waals surface area contributed by atoms with Crippen LogP contribution in [0.15, 0.2) is 12.3 Å². The molecule has 0 radical (unpaired) electrons. The van der Waals surface area contributed by atoms with E-state index in [1.54, 1.807) is 0 Å². The molecule has 18 heavy (non-hydrogen) atoms. The number of carbonyl (C=O) groups excluding carboxylic acids is 2. The molecule has 0 aliphatic rings. The van der Waals surface area contributed by atoms with E-state index >= 15 is 0 Å². The summed E-state index contributed by atoms with van der Waals surface area (Å²) in [7, 11) is 1.42. The number of amides is 1. The van der Waals surface area contributed by atoms with E-state index in [0.717, 1.165) is 12.8 Å². The summed E-state index contributed by atoms with van der Waals surface area (Å²) in [6, 6.07) is 1.26. The molecule has 0 fully saturated rings. The number of hydrogen-bond acceptors (Lipinski definition) is 5. The largest absolute Gasteiger partial charge is 0.493 e. The summed E-state index contributed by atoms with van der Waals surface area (Å²) in [5, 5.41) is 11.8. The van der Waals surface area contributed by atoms with Crippen LogP contribution in [0.2, 0.25) is 0 Å². The lowest BCUT2D eigenvalue weighted by Gasteiger charge is -2.06. The highest BCUT2D eigenvalue weighted by atomic mass is 16.5. The Balaban J connectivity index is 2.84. The zero-order valence-electron chi connectivity index (χ0n) is 10.4. The second-order valence-corrected chi connectivity index (χ2v) is 3.66. The topological polar surface area (TPSA) is 88.5 Å². The summed E-state index contributed by atoms with van der Waals surface area (Å²) in [4.78, 5) is 26.6. The van der Waals surface area contributed by atoms with Crippen molar-refractivity contribution in [3.8, 4) is 5.88 Å². The van der Waals surface area contributed by atoms with Crippen molar-refractivity contribution in [2.24, 2.45) is 0 Å². The Kier molecular flexibility index (Phi) is 5.10. The molecule has 0 spiro atoms. The molecular weight excluding hydrogens is 236 g/mol. The van der Waals surface area contributed by atoms with Gasteiger partial charge in [0.05, 0.1) is 12.2 Å². The van der Waals surface area contributed by atoms with Crippen molar-refractivity contribution in [3.05, 3.63) is 23.4 Å². The predicted octanol–water partition coefficient (Wildman–Crippen LogP) is 1.10. The summed E-state index contributed by atoms with van der Waals surface area (Å²) >= 11 is 0. The fourth-order valence-corrected chi connectivity index (χ4v) is 1.26. The van der Waals surface area contributed by atoms with Gasteiger partial charge in [-0.05, 0) is 12.5 Å². The molecule has 0 saturated carbocycles. The van der Waals surface area contributed by atoms with E-state index in [1.165, 1.54) is 19.3 Å². The molecule has 0 unspecified atom stereocenters. The summed E-state index contributed by atoms with van der Waals surface area (Å²) in [6.45, 7) is 2.31. The average molecular weight is 252 g/mol. The van der Waals surface area contributed by atoms with Gasteiger partial charge in [0, 0.05) is 13.2 Å². The molecule has 1 aromatic heterocycles. The van der Waals surface area contributed by atoms with Crippen molar-refractivity contribution in [2.75, 3.05) is 13.7 Å². The zero-order chi connectivity index (χ0) is 13.5. The first-order chi connectivity index (χ1) is 8.60. The molecule has 0 atom stereocenters. The smallest absolute Gasteiger partial charge is 0.339 e. The molecule has 6 heteroatoms. The van der Waals surface area contributed by atoms with Crippen LogP contribution in [0.1, 0.15) is 40.5 Å². The Hall–Kier alpha value is -2.11. The third kappa shape index (κ3) is 3.44. The van der Waals surface area contributed by atoms with Crippen LogP contribution >= 0.6 is 0 Å². The third-order valence-electron chi connectivity index (χ3n) is 2.31. The second-order valence-electron chi connectivity index (χ2n) is 3.66. The van der Waals surface area contributed by atoms with Crippen LogP contribution in [0.4, 0.5) is 0 Å². The van der Waals surface area contributed by atoms with Gasteiger partial charge in [0.25, 0.3) is 5.91 Å². The first-order valence-corrected chi connectivity index (χ1v) is 5.68. The first-order valence-electron chi connectivity index (χ1n) is 5.68. The highest BCUT2D eigenvalue weighted by Crippen LogP contribution is 2.15. The average Bonchev–Trinajstić information content (AvgIpc) is 2.38. The van der Waals surface area contributed by atoms with E-state index in [-0.39, 0.29) is 11.1 Å². The van der Waals surface area contributed by atoms with Crippen LogP contribution in [-0.4, -0.2) is 35.6 Å². The fraction of sp³-hybridized carbons (Fsp3) is 0.417. The van der Waals surface area contributed by atoms with Gasteiger partial charge in [-0.3, -0.25) is 4.79 Å². The van der Waals surface area contributed by atoms with E-state index in [2.05, 4.69) is 10.3 Å². The molecule has 98 valence electrons. The monoisotopic (exact) mass is 252 g/mol. The second kappa shape index (κ2) is 6.58. The van der Waals surface area contributed by atoms with Gasteiger partial charge in [0.1, 0.15) is 5.56 Å². The Morgan fingerprint density at radius 1 is 1.50 bits per heavy atom. The highest BCUT2D eigenvalue weighted by Gasteiger charge is 2.15. The predicted molar refractivity (Wildman–Crippen MR) is 64.5 cm³/mol. The number of aromatic hydroxyl groups is 1. The number of ether oxygens (including phenoxy) is 1. The molecule has 2 N–H and O–H groups in total. The van der Waals surface area contributed by atoms with Crippen LogP contribution in [0.5, 0.6) is 5.88 Å². The number of esters is 1. The molecule has 1 aromatic rings. The molecule has 0 bridgehead atoms. The van der Waals surface area contributed by atoms with Crippen molar-refractivity contribution in [1.29, 1.82) is 0 Å². The van der Waals surface area contributed by atoms with Gasteiger partial charge in [-0.1, -0.05) is 13.3 Å². The van der Waals surface area contributed by atoms with E-state index in [9.17, 15) is 14.7 Å². The minimum atomic E-state index is -0.555. The van der Waals surface area contributed by atoms with Crippen LogP contribution in [0, 0.1) is 0 Å². The lowest BCUT2D eigenvalue weighted by Crippen LogP contribution is -2.19. The molecule has 0 aliphatic heterocycles. The quantitative estimate of drug-likeness (QED) is 0.605. The van der Waals surface area contributed by atoms with Gasteiger partial charge >= 0.3 is 5.97 Å². The number of hydrogen-bond donors (Lipinski definition) is 2. The van der Waals surface area contributed by atoms with E-state index in [4.69, 9.17) is 4.74 Å². The van der Waals surface area contributed by atoms with Crippen molar-refractivity contribution in [3.63, 3.8) is 0 Å². The van der Waals surface area contributed by atoms with Gasteiger partial charge in [0.15, 0.2) is 0 Å². The molecule has 6 nitrogen and oxygen atoms in total. The SMILES string of the molecule is CCCCOC(=O)c1cnc(O)c(C(=O)NC)c1. The Morgan fingerprint density at radius 2 is 2.22 bits per heavy atom. The van der Waals surface area contributed by atoms with E-state index in [1.807, 2.05) is 6.92 Å². The van der Waals surface area contributed by atoms with E-state index < -0.39 is 17.8 Å². The minimum Gasteiger partial charge on any atom is -0.493 e. The number of unbranched alkanes of at least 4 members (excludes halogenated alkanes) is 1. The van der Waals surface area contributed by atoms with Crippen molar-refractivity contribution in [1.82, 2.24) is 10.3 Å². The highest BCUT2D eigenvalue weighted by molar-refractivity contribution is 5.99. The van der Waals surface area contributed by atoms with Crippen LogP contribution < -0.4 is 5.32 Å². The standard InChI is InChI=1S/C12H16N2O4/c1-3-4-5-18-12(17)8-6-9(10(15)13-2)11(16)14-7-8/h6-7H,3-5H2,1-2H3,(H,13,15)(H,14,16). The number of nitrogens with zero attached hydrogens (tertiary/aromatic N) is 1. The number of nitrogens with one attached hydrogen (secondary N) is 1. The number of pyridine rings is 1. The summed E-state index contributed by atoms with van der Waals surface area (Å²) in [5.41, 5.74) is 0.0879. The lowest BCUT2D eigenvalue weighted by molar-refractivity contribution is 0.0499. The lowest BCUT2D eigenvalue weighted by atomic mass is 10.2. The zero-order valence-corrected chi connectivity index (χ0v) is 10.4. The normalized spacial score (nSPS) is 9.89. The maximum Gasteiger partial charge on any atom is 0.339 e. The number of carbonyl (C=O) groups is 2. The molecular formula is C12H16N2O4. The third-order valence-corrected chi connectivity index (χ3v) is 2.31. The first kappa shape index (κ1) is 14.0. The fourth-order valence-electron chi connectivity index (χ4n) is 1.26. The minimum absolute atomic E-state index is 0.0533.